The molecular formula is C16H32O10Si2. The van der Waals surface area contributed by atoms with E-state index in [1.165, 1.54) is 40.7 Å². The lowest BCUT2D eigenvalue weighted by Gasteiger charge is -2.01. The average molecular weight is 441 g/mol. The van der Waals surface area contributed by atoms with Crippen LogP contribution in [0.2, 0.25) is 0 Å². The van der Waals surface area contributed by atoms with Crippen LogP contribution in [0.1, 0.15) is 41.0 Å². The quantitative estimate of drug-likeness (QED) is 0.165. The first kappa shape index (κ1) is 33.1. The maximum atomic E-state index is 10.2. The van der Waals surface area contributed by atoms with Gasteiger partial charge in [-0.2, -0.15) is 0 Å². The van der Waals surface area contributed by atoms with Crippen LogP contribution >= 0.6 is 0 Å². The molecule has 0 bridgehead atoms. The molecule has 0 aromatic rings. The number of ether oxygens (including phenoxy) is 3. The van der Waals surface area contributed by atoms with Crippen molar-refractivity contribution in [1.82, 2.24) is 0 Å². The van der Waals surface area contributed by atoms with E-state index in [0.717, 1.165) is 0 Å². The molecule has 0 radical (unpaired) electrons. The zero-order chi connectivity index (χ0) is 23.0. The number of carbonyl (C=O) groups is 5. The highest BCUT2D eigenvalue weighted by Gasteiger charge is 1.94. The summed E-state index contributed by atoms with van der Waals surface area (Å²) in [6.07, 6.45) is 2.08. The molecule has 0 saturated heterocycles. The van der Waals surface area contributed by atoms with E-state index in [1.807, 2.05) is 0 Å². The van der Waals surface area contributed by atoms with E-state index < -0.39 is 0 Å². The zero-order valence-corrected chi connectivity index (χ0v) is 21.7. The molecule has 0 N–H and O–H groups in total. The molecule has 0 amide bonds. The van der Waals surface area contributed by atoms with E-state index in [1.54, 1.807) is 0 Å². The second-order valence-corrected chi connectivity index (χ2v) is 5.33. The zero-order valence-electron chi connectivity index (χ0n) is 17.7. The number of hydrogen-bond acceptors (Lipinski definition) is 10. The predicted molar refractivity (Wildman–Crippen MR) is 108 cm³/mol. The third-order valence-corrected chi connectivity index (χ3v) is 3.03. The van der Waals surface area contributed by atoms with Crippen molar-refractivity contribution in [2.45, 2.75) is 41.0 Å². The Morgan fingerprint density at radius 3 is 1.11 bits per heavy atom. The summed E-state index contributed by atoms with van der Waals surface area (Å²) in [5, 5.41) is 0. The normalized spacial score (nSPS) is 8.04. The largest absolute Gasteiger partial charge is 0.529 e. The van der Waals surface area contributed by atoms with Crippen LogP contribution in [-0.4, -0.2) is 70.6 Å². The third kappa shape index (κ3) is 65.3. The summed E-state index contributed by atoms with van der Waals surface area (Å²) < 4.78 is 22.1. The Kier molecular flexibility index (Phi) is 31.7. The molecule has 0 unspecified atom stereocenters. The van der Waals surface area contributed by atoms with Crippen LogP contribution in [0, 0.1) is 0 Å². The summed E-state index contributed by atoms with van der Waals surface area (Å²) in [5.41, 5.74) is 0. The van der Waals surface area contributed by atoms with Crippen LogP contribution in [0.15, 0.2) is 12.7 Å². The standard InChI is InChI=1S/C7H12O4.C5H8O2.2C2H6O2Si/c1-6(8)10-4-3-5-11-7(2)9;1-3-4-7-5(2)6;2*1-2(3)4-5/h3-5H2,1-2H3;3H,1,4H2,2H3;2*1,5H3. The molecule has 0 aliphatic rings. The molecule has 0 heterocycles. The maximum Gasteiger partial charge on any atom is 0.302 e. The van der Waals surface area contributed by atoms with Gasteiger partial charge in [0, 0.05) is 41.0 Å². The molecule has 28 heavy (non-hydrogen) atoms. The Morgan fingerprint density at radius 2 is 0.964 bits per heavy atom. The van der Waals surface area contributed by atoms with Crippen LogP contribution in [0.25, 0.3) is 0 Å². The Morgan fingerprint density at radius 1 is 0.679 bits per heavy atom. The SMILES string of the molecule is C=CCOC(C)=O.CC(=O)OCCCOC(C)=O.CC(=O)O[SiH3].CC(=O)O[SiH3]. The molecule has 0 spiro atoms. The summed E-state index contributed by atoms with van der Waals surface area (Å²) in [6.45, 7) is 11.1. The highest BCUT2D eigenvalue weighted by molar-refractivity contribution is 6.05. The van der Waals surface area contributed by atoms with Crippen molar-refractivity contribution in [2.24, 2.45) is 0 Å². The van der Waals surface area contributed by atoms with E-state index in [-0.39, 0.29) is 29.8 Å². The summed E-state index contributed by atoms with van der Waals surface area (Å²) in [4.78, 5) is 49.6. The van der Waals surface area contributed by atoms with Crippen molar-refractivity contribution in [2.75, 3.05) is 19.8 Å². The Bertz CT molecular complexity index is 436. The van der Waals surface area contributed by atoms with Crippen molar-refractivity contribution in [3.8, 4) is 0 Å². The molecule has 0 aromatic heterocycles. The summed E-state index contributed by atoms with van der Waals surface area (Å²) in [5.74, 6) is -1.26. The maximum absolute atomic E-state index is 10.2. The first-order valence-corrected chi connectivity index (χ1v) is 9.67. The molecular weight excluding hydrogens is 408 g/mol. The monoisotopic (exact) mass is 440 g/mol. The van der Waals surface area contributed by atoms with Crippen molar-refractivity contribution < 1.29 is 47.0 Å². The summed E-state index contributed by atoms with van der Waals surface area (Å²) >= 11 is 0. The van der Waals surface area contributed by atoms with Gasteiger partial charge in [-0.25, -0.2) is 0 Å². The van der Waals surface area contributed by atoms with E-state index in [0.29, 0.717) is 47.2 Å². The van der Waals surface area contributed by atoms with Gasteiger partial charge in [0.05, 0.1) is 13.2 Å². The van der Waals surface area contributed by atoms with Crippen LogP contribution in [0.3, 0.4) is 0 Å². The molecule has 0 atom stereocenters. The van der Waals surface area contributed by atoms with Crippen molar-refractivity contribution >= 4 is 50.8 Å². The van der Waals surface area contributed by atoms with Crippen LogP contribution in [0.5, 0.6) is 0 Å². The van der Waals surface area contributed by atoms with E-state index in [2.05, 4.69) is 29.6 Å². The van der Waals surface area contributed by atoms with E-state index in [9.17, 15) is 24.0 Å². The van der Waals surface area contributed by atoms with Gasteiger partial charge in [-0.1, -0.05) is 12.7 Å². The minimum atomic E-state index is -0.312. The van der Waals surface area contributed by atoms with Gasteiger partial charge in [-0.05, 0) is 0 Å². The van der Waals surface area contributed by atoms with Gasteiger partial charge < -0.3 is 23.1 Å². The molecule has 0 aromatic carbocycles. The lowest BCUT2D eigenvalue weighted by molar-refractivity contribution is -0.144. The first-order chi connectivity index (χ1) is 12.9. The number of rotatable bonds is 6. The van der Waals surface area contributed by atoms with Gasteiger partial charge in [0.15, 0.2) is 0 Å². The summed E-state index contributed by atoms with van der Waals surface area (Å²) in [7, 11) is 1.05. The average Bonchev–Trinajstić information content (AvgIpc) is 2.60. The molecule has 12 heteroatoms. The summed E-state index contributed by atoms with van der Waals surface area (Å²) in [6, 6.07) is 0. The highest BCUT2D eigenvalue weighted by atomic mass is 28.2. The number of hydrogen-bond donors (Lipinski definition) is 0. The minimum absolute atomic E-state index is 0.184. The Hall–Kier alpha value is -2.48. The van der Waals surface area contributed by atoms with Crippen LogP contribution in [-0.2, 0) is 47.0 Å². The molecule has 10 nitrogen and oxygen atoms in total. The molecule has 0 saturated carbocycles. The van der Waals surface area contributed by atoms with Gasteiger partial charge in [-0.3, -0.25) is 24.0 Å². The fourth-order valence-electron chi connectivity index (χ4n) is 0.667. The second-order valence-electron chi connectivity index (χ2n) is 4.52. The third-order valence-electron chi connectivity index (χ3n) is 1.88. The molecule has 0 aliphatic heterocycles. The predicted octanol–water partition coefficient (Wildman–Crippen LogP) is -1.10. The van der Waals surface area contributed by atoms with Gasteiger partial charge in [-0.15, -0.1) is 0 Å². The second kappa shape index (κ2) is 26.7. The highest BCUT2D eigenvalue weighted by Crippen LogP contribution is 1.85. The molecule has 0 fully saturated rings. The number of esters is 3. The van der Waals surface area contributed by atoms with Crippen LogP contribution in [0.4, 0.5) is 0 Å². The van der Waals surface area contributed by atoms with Gasteiger partial charge >= 0.3 is 17.9 Å². The van der Waals surface area contributed by atoms with Gasteiger partial charge in [0.2, 0.25) is 21.0 Å². The fraction of sp³-hybridized carbons (Fsp3) is 0.562. The van der Waals surface area contributed by atoms with Gasteiger partial charge in [0.25, 0.3) is 11.9 Å². The topological polar surface area (TPSA) is 132 Å². The van der Waals surface area contributed by atoms with Crippen molar-refractivity contribution in [3.63, 3.8) is 0 Å². The van der Waals surface area contributed by atoms with Gasteiger partial charge in [0.1, 0.15) is 6.61 Å². The molecule has 0 aliphatic carbocycles. The van der Waals surface area contributed by atoms with Crippen LogP contribution < -0.4 is 0 Å². The van der Waals surface area contributed by atoms with Crippen molar-refractivity contribution in [1.29, 1.82) is 0 Å². The molecule has 0 rings (SSSR count). The minimum Gasteiger partial charge on any atom is -0.529 e. The number of carbonyl (C=O) groups excluding carboxylic acids is 5. The van der Waals surface area contributed by atoms with E-state index in [4.69, 9.17) is 0 Å². The van der Waals surface area contributed by atoms with E-state index >= 15 is 0 Å². The lowest BCUT2D eigenvalue weighted by atomic mass is 10.5. The van der Waals surface area contributed by atoms with Crippen molar-refractivity contribution in [3.05, 3.63) is 12.7 Å². The lowest BCUT2D eigenvalue weighted by Crippen LogP contribution is -2.06. The smallest absolute Gasteiger partial charge is 0.302 e. The first-order valence-electron chi connectivity index (χ1n) is 8.04. The molecule has 164 valence electrons. The fourth-order valence-corrected chi connectivity index (χ4v) is 0.667. The Balaban J connectivity index is -0.000000147. The Labute approximate surface area is 172 Å².